The van der Waals surface area contributed by atoms with Gasteiger partial charge in [-0.1, -0.05) is 20.8 Å². The van der Waals surface area contributed by atoms with Crippen molar-refractivity contribution in [2.45, 2.75) is 32.6 Å². The summed E-state index contributed by atoms with van der Waals surface area (Å²) in [6, 6.07) is 3.89. The van der Waals surface area contributed by atoms with Crippen LogP contribution in [0.4, 0.5) is 5.82 Å². The first kappa shape index (κ1) is 15.6. The lowest BCUT2D eigenvalue weighted by atomic mass is 9.92. The highest BCUT2D eigenvalue weighted by Gasteiger charge is 2.24. The average Bonchev–Trinajstić information content (AvgIpc) is 3.02. The van der Waals surface area contributed by atoms with Gasteiger partial charge < -0.3 is 9.64 Å². The Morgan fingerprint density at radius 2 is 2.09 bits per heavy atom. The smallest absolute Gasteiger partial charge is 0.233 e. The molecule has 1 unspecified atom stereocenters. The van der Waals surface area contributed by atoms with Gasteiger partial charge in [0.2, 0.25) is 5.88 Å². The molecule has 1 aliphatic rings. The topological polar surface area (TPSA) is 64.0 Å². The van der Waals surface area contributed by atoms with E-state index >= 15 is 0 Å². The fourth-order valence-electron chi connectivity index (χ4n) is 2.63. The SMILES string of the molecule is CC(C)(C)c1ccc(OCC2CCN(c3cnccn3)C2)nn1. The van der Waals surface area contributed by atoms with Gasteiger partial charge in [-0.3, -0.25) is 4.98 Å². The van der Waals surface area contributed by atoms with Gasteiger partial charge in [-0.05, 0) is 12.5 Å². The van der Waals surface area contributed by atoms with Crippen LogP contribution >= 0.6 is 0 Å². The van der Waals surface area contributed by atoms with Gasteiger partial charge in [0.05, 0.1) is 18.5 Å². The largest absolute Gasteiger partial charge is 0.476 e. The van der Waals surface area contributed by atoms with Crippen LogP contribution in [-0.4, -0.2) is 39.9 Å². The number of ether oxygens (including phenoxy) is 1. The number of anilines is 1. The second-order valence-corrected chi connectivity index (χ2v) is 6.98. The average molecular weight is 313 g/mol. The zero-order chi connectivity index (χ0) is 16.3. The standard InChI is InChI=1S/C17H23N5O/c1-17(2,3)14-4-5-16(21-20-14)23-12-13-6-9-22(11-13)15-10-18-7-8-19-15/h4-5,7-8,10,13H,6,9,11-12H2,1-3H3. The molecule has 122 valence electrons. The maximum absolute atomic E-state index is 5.81. The van der Waals surface area contributed by atoms with E-state index in [-0.39, 0.29) is 5.41 Å². The quantitative estimate of drug-likeness (QED) is 0.864. The Morgan fingerprint density at radius 1 is 1.22 bits per heavy atom. The van der Waals surface area contributed by atoms with Gasteiger partial charge >= 0.3 is 0 Å². The lowest BCUT2D eigenvalue weighted by Gasteiger charge is -2.18. The normalized spacial score (nSPS) is 18.2. The number of nitrogens with zero attached hydrogens (tertiary/aromatic N) is 5. The molecule has 6 nitrogen and oxygen atoms in total. The summed E-state index contributed by atoms with van der Waals surface area (Å²) in [4.78, 5) is 10.7. The van der Waals surface area contributed by atoms with Crippen molar-refractivity contribution < 1.29 is 4.74 Å². The molecule has 23 heavy (non-hydrogen) atoms. The van der Waals surface area contributed by atoms with Crippen LogP contribution in [-0.2, 0) is 5.41 Å². The molecule has 0 aliphatic carbocycles. The molecule has 2 aromatic heterocycles. The van der Waals surface area contributed by atoms with Gasteiger partial charge in [0.15, 0.2) is 0 Å². The van der Waals surface area contributed by atoms with E-state index < -0.39 is 0 Å². The minimum Gasteiger partial charge on any atom is -0.476 e. The second kappa shape index (κ2) is 6.48. The van der Waals surface area contributed by atoms with Crippen molar-refractivity contribution in [1.82, 2.24) is 20.2 Å². The van der Waals surface area contributed by atoms with E-state index in [0.717, 1.165) is 31.0 Å². The summed E-state index contributed by atoms with van der Waals surface area (Å²) in [5.74, 6) is 2.00. The number of aromatic nitrogens is 4. The molecule has 3 heterocycles. The third-order valence-corrected chi connectivity index (χ3v) is 4.03. The molecule has 0 aromatic carbocycles. The molecule has 0 radical (unpaired) electrons. The van der Waals surface area contributed by atoms with E-state index in [1.54, 1.807) is 18.6 Å². The molecule has 0 bridgehead atoms. The summed E-state index contributed by atoms with van der Waals surface area (Å²) in [6.07, 6.45) is 6.32. The minimum atomic E-state index is 0.00814. The maximum Gasteiger partial charge on any atom is 0.233 e. The van der Waals surface area contributed by atoms with Gasteiger partial charge in [0.25, 0.3) is 0 Å². The Kier molecular flexibility index (Phi) is 4.41. The van der Waals surface area contributed by atoms with E-state index in [2.05, 4.69) is 45.8 Å². The molecule has 0 saturated carbocycles. The van der Waals surface area contributed by atoms with Crippen molar-refractivity contribution in [3.8, 4) is 5.88 Å². The number of hydrogen-bond donors (Lipinski definition) is 0. The van der Waals surface area contributed by atoms with Crippen molar-refractivity contribution >= 4 is 5.82 Å². The van der Waals surface area contributed by atoms with Crippen molar-refractivity contribution in [1.29, 1.82) is 0 Å². The predicted octanol–water partition coefficient (Wildman–Crippen LogP) is 2.47. The zero-order valence-corrected chi connectivity index (χ0v) is 13.9. The van der Waals surface area contributed by atoms with Crippen molar-refractivity contribution in [3.05, 3.63) is 36.4 Å². The number of hydrogen-bond acceptors (Lipinski definition) is 6. The third kappa shape index (κ3) is 3.94. The minimum absolute atomic E-state index is 0.00814. The molecular weight excluding hydrogens is 290 g/mol. The zero-order valence-electron chi connectivity index (χ0n) is 13.9. The van der Waals surface area contributed by atoms with Crippen LogP contribution in [0.5, 0.6) is 5.88 Å². The van der Waals surface area contributed by atoms with Crippen molar-refractivity contribution in [2.75, 3.05) is 24.6 Å². The molecule has 0 amide bonds. The second-order valence-electron chi connectivity index (χ2n) is 6.98. The van der Waals surface area contributed by atoms with Crippen LogP contribution in [0.25, 0.3) is 0 Å². The fourth-order valence-corrected chi connectivity index (χ4v) is 2.63. The molecule has 3 rings (SSSR count). The van der Waals surface area contributed by atoms with Gasteiger partial charge in [-0.15, -0.1) is 5.10 Å². The van der Waals surface area contributed by atoms with E-state index in [9.17, 15) is 0 Å². The highest BCUT2D eigenvalue weighted by molar-refractivity contribution is 5.36. The van der Waals surface area contributed by atoms with Gasteiger partial charge in [0, 0.05) is 42.9 Å². The Morgan fingerprint density at radius 3 is 2.74 bits per heavy atom. The first-order chi connectivity index (χ1) is 11.0. The van der Waals surface area contributed by atoms with Crippen LogP contribution in [0.15, 0.2) is 30.7 Å². The van der Waals surface area contributed by atoms with Gasteiger partial charge in [-0.2, -0.15) is 5.10 Å². The maximum atomic E-state index is 5.81. The summed E-state index contributed by atoms with van der Waals surface area (Å²) in [6.45, 7) is 8.94. The summed E-state index contributed by atoms with van der Waals surface area (Å²) in [5, 5.41) is 8.43. The molecule has 1 aliphatic heterocycles. The Bertz CT molecular complexity index is 624. The lowest BCUT2D eigenvalue weighted by Crippen LogP contribution is -2.23. The van der Waals surface area contributed by atoms with Crippen LogP contribution in [0.2, 0.25) is 0 Å². The Balaban J connectivity index is 1.52. The Hall–Kier alpha value is -2.24. The van der Waals surface area contributed by atoms with Crippen LogP contribution < -0.4 is 9.64 Å². The van der Waals surface area contributed by atoms with Crippen LogP contribution in [0, 0.1) is 5.92 Å². The molecule has 1 atom stereocenters. The van der Waals surface area contributed by atoms with Gasteiger partial charge in [0.1, 0.15) is 5.82 Å². The van der Waals surface area contributed by atoms with Crippen LogP contribution in [0.3, 0.4) is 0 Å². The van der Waals surface area contributed by atoms with E-state index in [4.69, 9.17) is 4.74 Å². The summed E-state index contributed by atoms with van der Waals surface area (Å²) in [5.41, 5.74) is 0.980. The highest BCUT2D eigenvalue weighted by Crippen LogP contribution is 2.23. The van der Waals surface area contributed by atoms with E-state index in [1.807, 2.05) is 12.1 Å². The molecule has 0 N–H and O–H groups in total. The van der Waals surface area contributed by atoms with Crippen molar-refractivity contribution in [3.63, 3.8) is 0 Å². The predicted molar refractivity (Wildman–Crippen MR) is 88.6 cm³/mol. The molecular formula is C17H23N5O. The first-order valence-corrected chi connectivity index (χ1v) is 8.00. The number of rotatable bonds is 4. The fraction of sp³-hybridized carbons (Fsp3) is 0.529. The van der Waals surface area contributed by atoms with E-state index in [0.29, 0.717) is 18.4 Å². The molecule has 6 heteroatoms. The van der Waals surface area contributed by atoms with Crippen molar-refractivity contribution in [2.24, 2.45) is 5.92 Å². The van der Waals surface area contributed by atoms with Gasteiger partial charge in [-0.25, -0.2) is 4.98 Å². The molecule has 2 aromatic rings. The molecule has 1 saturated heterocycles. The third-order valence-electron chi connectivity index (χ3n) is 4.03. The summed E-state index contributed by atoms with van der Waals surface area (Å²) >= 11 is 0. The monoisotopic (exact) mass is 313 g/mol. The Labute approximate surface area is 136 Å². The summed E-state index contributed by atoms with van der Waals surface area (Å²) < 4.78 is 5.81. The lowest BCUT2D eigenvalue weighted by molar-refractivity contribution is 0.249. The molecule has 1 fully saturated rings. The summed E-state index contributed by atoms with van der Waals surface area (Å²) in [7, 11) is 0. The van der Waals surface area contributed by atoms with E-state index in [1.165, 1.54) is 0 Å². The molecule has 0 spiro atoms. The van der Waals surface area contributed by atoms with Crippen LogP contribution in [0.1, 0.15) is 32.9 Å². The highest BCUT2D eigenvalue weighted by atomic mass is 16.5. The first-order valence-electron chi connectivity index (χ1n) is 8.00.